The number of aryl methyl sites for hydroxylation is 2. The second kappa shape index (κ2) is 9.04. The number of nitro benzene ring substituents is 1. The van der Waals surface area contributed by atoms with Crippen LogP contribution in [0.5, 0.6) is 0 Å². The van der Waals surface area contributed by atoms with Crippen molar-refractivity contribution in [1.82, 2.24) is 0 Å². The van der Waals surface area contributed by atoms with Crippen molar-refractivity contribution >= 4 is 33.0 Å². The van der Waals surface area contributed by atoms with Crippen molar-refractivity contribution in [3.8, 4) is 0 Å². The van der Waals surface area contributed by atoms with Crippen LogP contribution in [0.1, 0.15) is 31.4 Å². The van der Waals surface area contributed by atoms with Crippen LogP contribution in [0.4, 0.5) is 17.1 Å². The number of nitrogens with zero attached hydrogens (tertiary/aromatic N) is 2. The average Bonchev–Trinajstić information content (AvgIpc) is 2.66. The van der Waals surface area contributed by atoms with Gasteiger partial charge in [0.15, 0.2) is 0 Å². The maximum atomic E-state index is 13.1. The number of rotatable bonds is 8. The van der Waals surface area contributed by atoms with Crippen LogP contribution in [0.3, 0.4) is 0 Å². The average molecular weight is 420 g/mol. The number of benzene rings is 2. The number of nitro groups is 1. The standard InChI is InChI=1S/C20H25N3O5S/c1-5-15-10-7-9-14(3)19(15)21-20(24)18(6-2)22(29(4,27)28)16-11-8-12-17(13-16)23(25)26/h7-13,18H,5-6H2,1-4H3,(H,21,24). The van der Waals surface area contributed by atoms with E-state index in [2.05, 4.69) is 5.32 Å². The molecule has 0 aliphatic rings. The Morgan fingerprint density at radius 1 is 1.21 bits per heavy atom. The first-order valence-corrected chi connectivity index (χ1v) is 11.1. The van der Waals surface area contributed by atoms with E-state index in [-0.39, 0.29) is 17.8 Å². The first-order chi connectivity index (χ1) is 13.6. The molecule has 1 N–H and O–H groups in total. The molecule has 0 saturated carbocycles. The van der Waals surface area contributed by atoms with Crippen molar-refractivity contribution in [2.75, 3.05) is 15.9 Å². The molecule has 1 unspecified atom stereocenters. The van der Waals surface area contributed by atoms with E-state index in [4.69, 9.17) is 0 Å². The first-order valence-electron chi connectivity index (χ1n) is 9.23. The molecule has 0 heterocycles. The fraction of sp³-hybridized carbons (Fsp3) is 0.350. The van der Waals surface area contributed by atoms with E-state index in [1.807, 2.05) is 32.0 Å². The number of para-hydroxylation sites is 1. The highest BCUT2D eigenvalue weighted by Crippen LogP contribution is 2.28. The van der Waals surface area contributed by atoms with Gasteiger partial charge in [-0.25, -0.2) is 8.42 Å². The van der Waals surface area contributed by atoms with Crippen molar-refractivity contribution in [2.24, 2.45) is 0 Å². The second-order valence-corrected chi connectivity index (χ2v) is 8.57. The molecular formula is C20H25N3O5S. The Bertz CT molecular complexity index is 1020. The maximum Gasteiger partial charge on any atom is 0.271 e. The molecule has 9 heteroatoms. The molecule has 0 aromatic heterocycles. The number of amides is 1. The van der Waals surface area contributed by atoms with Crippen LogP contribution in [0.15, 0.2) is 42.5 Å². The zero-order chi connectivity index (χ0) is 21.8. The van der Waals surface area contributed by atoms with Crippen LogP contribution >= 0.6 is 0 Å². The summed E-state index contributed by atoms with van der Waals surface area (Å²) in [5, 5.41) is 14.0. The lowest BCUT2D eigenvalue weighted by Crippen LogP contribution is -2.47. The van der Waals surface area contributed by atoms with E-state index >= 15 is 0 Å². The molecule has 2 rings (SSSR count). The van der Waals surface area contributed by atoms with Crippen LogP contribution in [-0.2, 0) is 21.2 Å². The smallest absolute Gasteiger partial charge is 0.271 e. The van der Waals surface area contributed by atoms with Gasteiger partial charge in [-0.3, -0.25) is 19.2 Å². The number of carbonyl (C=O) groups excluding carboxylic acids is 1. The lowest BCUT2D eigenvalue weighted by atomic mass is 10.0. The summed E-state index contributed by atoms with van der Waals surface area (Å²) in [6.45, 7) is 5.52. The summed E-state index contributed by atoms with van der Waals surface area (Å²) < 4.78 is 26.0. The Morgan fingerprint density at radius 2 is 1.86 bits per heavy atom. The van der Waals surface area contributed by atoms with Crippen molar-refractivity contribution in [2.45, 2.75) is 39.7 Å². The summed E-state index contributed by atoms with van der Waals surface area (Å²) in [4.78, 5) is 23.6. The van der Waals surface area contributed by atoms with Crippen LogP contribution < -0.4 is 9.62 Å². The van der Waals surface area contributed by atoms with E-state index in [0.29, 0.717) is 12.1 Å². The van der Waals surface area contributed by atoms with Gasteiger partial charge >= 0.3 is 0 Å². The molecular weight excluding hydrogens is 394 g/mol. The van der Waals surface area contributed by atoms with E-state index in [0.717, 1.165) is 27.8 Å². The highest BCUT2D eigenvalue weighted by molar-refractivity contribution is 7.92. The van der Waals surface area contributed by atoms with Crippen molar-refractivity contribution in [3.05, 3.63) is 63.7 Å². The summed E-state index contributed by atoms with van der Waals surface area (Å²) in [6, 6.07) is 9.86. The molecule has 0 aliphatic heterocycles. The number of non-ortho nitro benzene ring substituents is 1. The Labute approximate surface area is 170 Å². The summed E-state index contributed by atoms with van der Waals surface area (Å²) in [7, 11) is -3.88. The summed E-state index contributed by atoms with van der Waals surface area (Å²) >= 11 is 0. The lowest BCUT2D eigenvalue weighted by molar-refractivity contribution is -0.384. The topological polar surface area (TPSA) is 110 Å². The largest absolute Gasteiger partial charge is 0.324 e. The van der Waals surface area contributed by atoms with Crippen molar-refractivity contribution in [3.63, 3.8) is 0 Å². The minimum absolute atomic E-state index is 0.0733. The van der Waals surface area contributed by atoms with Gasteiger partial charge in [0.25, 0.3) is 5.69 Å². The third-order valence-corrected chi connectivity index (χ3v) is 5.79. The van der Waals surface area contributed by atoms with Crippen LogP contribution in [0.2, 0.25) is 0 Å². The SMILES string of the molecule is CCc1cccc(C)c1NC(=O)C(CC)N(c1cccc([N+](=O)[O-])c1)S(C)(=O)=O. The molecule has 2 aromatic rings. The predicted molar refractivity (Wildman–Crippen MR) is 114 cm³/mol. The number of carbonyl (C=O) groups is 1. The van der Waals surface area contributed by atoms with E-state index in [1.54, 1.807) is 6.92 Å². The molecule has 1 amide bonds. The highest BCUT2D eigenvalue weighted by Gasteiger charge is 2.32. The molecule has 0 radical (unpaired) electrons. The van der Waals surface area contributed by atoms with Gasteiger partial charge in [0, 0.05) is 17.8 Å². The molecule has 0 aliphatic carbocycles. The maximum absolute atomic E-state index is 13.1. The van der Waals surface area contributed by atoms with Gasteiger partial charge in [-0.2, -0.15) is 0 Å². The van der Waals surface area contributed by atoms with Gasteiger partial charge in [0.05, 0.1) is 16.9 Å². The fourth-order valence-electron chi connectivity index (χ4n) is 3.21. The zero-order valence-electron chi connectivity index (χ0n) is 16.9. The molecule has 0 bridgehead atoms. The first kappa shape index (κ1) is 22.4. The number of hydrogen-bond donors (Lipinski definition) is 1. The minimum atomic E-state index is -3.88. The normalized spacial score (nSPS) is 12.3. The Morgan fingerprint density at radius 3 is 2.41 bits per heavy atom. The summed E-state index contributed by atoms with van der Waals surface area (Å²) in [6.07, 6.45) is 1.87. The third kappa shape index (κ3) is 5.11. The molecule has 1 atom stereocenters. The van der Waals surface area contributed by atoms with Gasteiger partial charge < -0.3 is 5.32 Å². The van der Waals surface area contributed by atoms with Crippen LogP contribution in [0, 0.1) is 17.0 Å². The van der Waals surface area contributed by atoms with Crippen LogP contribution in [0.25, 0.3) is 0 Å². The molecule has 156 valence electrons. The Hall–Kier alpha value is -2.94. The minimum Gasteiger partial charge on any atom is -0.324 e. The third-order valence-electron chi connectivity index (χ3n) is 4.61. The Kier molecular flexibility index (Phi) is 6.97. The van der Waals surface area contributed by atoms with E-state index in [1.165, 1.54) is 18.2 Å². The van der Waals surface area contributed by atoms with Gasteiger partial charge in [-0.1, -0.05) is 38.1 Å². The fourth-order valence-corrected chi connectivity index (χ4v) is 4.42. The molecule has 8 nitrogen and oxygen atoms in total. The lowest BCUT2D eigenvalue weighted by Gasteiger charge is -2.30. The second-order valence-electron chi connectivity index (χ2n) is 6.71. The van der Waals surface area contributed by atoms with Crippen molar-refractivity contribution < 1.29 is 18.1 Å². The molecule has 0 fully saturated rings. The predicted octanol–water partition coefficient (Wildman–Crippen LogP) is 3.65. The number of anilines is 2. The molecule has 0 spiro atoms. The Balaban J connectivity index is 2.49. The van der Waals surface area contributed by atoms with Crippen LogP contribution in [-0.4, -0.2) is 31.5 Å². The molecule has 0 saturated heterocycles. The summed E-state index contributed by atoms with van der Waals surface area (Å²) in [5.41, 5.74) is 2.29. The quantitative estimate of drug-likeness (QED) is 0.519. The monoisotopic (exact) mass is 419 g/mol. The van der Waals surface area contributed by atoms with Gasteiger partial charge in [0.1, 0.15) is 6.04 Å². The van der Waals surface area contributed by atoms with E-state index in [9.17, 15) is 23.3 Å². The molecule has 29 heavy (non-hydrogen) atoms. The number of hydrogen-bond acceptors (Lipinski definition) is 5. The van der Waals surface area contributed by atoms with Crippen molar-refractivity contribution in [1.29, 1.82) is 0 Å². The number of nitrogens with one attached hydrogen (secondary N) is 1. The van der Waals surface area contributed by atoms with Gasteiger partial charge in [-0.15, -0.1) is 0 Å². The van der Waals surface area contributed by atoms with E-state index < -0.39 is 26.9 Å². The van der Waals surface area contributed by atoms with Gasteiger partial charge in [0.2, 0.25) is 15.9 Å². The highest BCUT2D eigenvalue weighted by atomic mass is 32.2. The summed E-state index contributed by atoms with van der Waals surface area (Å²) in [5.74, 6) is -0.492. The van der Waals surface area contributed by atoms with Gasteiger partial charge in [-0.05, 0) is 37.0 Å². The zero-order valence-corrected chi connectivity index (χ0v) is 17.7. The number of sulfonamides is 1. The molecule has 2 aromatic carbocycles.